The van der Waals surface area contributed by atoms with Crippen molar-refractivity contribution in [1.29, 1.82) is 0 Å². The zero-order chi connectivity index (χ0) is 9.26. The zero-order valence-electron chi connectivity index (χ0n) is 7.35. The first-order chi connectivity index (χ1) is 6.29. The van der Waals surface area contributed by atoms with E-state index in [4.69, 9.17) is 10.8 Å². The number of β-amino-alcohol motifs (C(OH)–C–C–N with tert-alkyl or cyclic N) is 1. The second-order valence-electron chi connectivity index (χ2n) is 3.27. The van der Waals surface area contributed by atoms with Gasteiger partial charge in [-0.25, -0.2) is 0 Å². The Hall–Kier alpha value is -1.13. The molecule has 0 spiro atoms. The highest BCUT2D eigenvalue weighted by Gasteiger charge is 2.24. The monoisotopic (exact) mass is 179 g/mol. The van der Waals surface area contributed by atoms with Crippen molar-refractivity contribution in [2.75, 3.05) is 18.0 Å². The van der Waals surface area contributed by atoms with Crippen LogP contribution in [0.1, 0.15) is 5.69 Å². The van der Waals surface area contributed by atoms with Crippen LogP contribution in [0.5, 0.6) is 0 Å². The highest BCUT2D eigenvalue weighted by molar-refractivity contribution is 5.47. The molecule has 3 N–H and O–H groups in total. The summed E-state index contributed by atoms with van der Waals surface area (Å²) < 4.78 is 0. The predicted molar refractivity (Wildman–Crippen MR) is 50.3 cm³/mol. The predicted octanol–water partition coefficient (Wildman–Crippen LogP) is -0.279. The highest BCUT2D eigenvalue weighted by atomic mass is 16.3. The molecule has 13 heavy (non-hydrogen) atoms. The van der Waals surface area contributed by atoms with E-state index in [0.717, 1.165) is 11.4 Å². The van der Waals surface area contributed by atoms with Crippen molar-refractivity contribution >= 4 is 5.69 Å². The fraction of sp³-hybridized carbons (Fsp3) is 0.444. The minimum atomic E-state index is -0.172. The Labute approximate surface area is 77.0 Å². The van der Waals surface area contributed by atoms with Crippen molar-refractivity contribution < 1.29 is 5.11 Å². The SMILES string of the molecule is NCc1ccc(N2CC(O)C2)cn1. The summed E-state index contributed by atoms with van der Waals surface area (Å²) in [7, 11) is 0. The molecule has 4 nitrogen and oxygen atoms in total. The molecule has 0 saturated carbocycles. The van der Waals surface area contributed by atoms with Gasteiger partial charge in [-0.3, -0.25) is 4.98 Å². The van der Waals surface area contributed by atoms with Crippen LogP contribution in [0.4, 0.5) is 5.69 Å². The van der Waals surface area contributed by atoms with Crippen LogP contribution in [0.3, 0.4) is 0 Å². The molecule has 1 aliphatic heterocycles. The minimum Gasteiger partial charge on any atom is -0.389 e. The third-order valence-electron chi connectivity index (χ3n) is 2.25. The lowest BCUT2D eigenvalue weighted by Crippen LogP contribution is -2.50. The summed E-state index contributed by atoms with van der Waals surface area (Å²) in [6.45, 7) is 1.90. The van der Waals surface area contributed by atoms with Crippen LogP contribution in [-0.2, 0) is 6.54 Å². The van der Waals surface area contributed by atoms with E-state index < -0.39 is 0 Å². The van der Waals surface area contributed by atoms with Crippen molar-refractivity contribution in [1.82, 2.24) is 4.98 Å². The summed E-state index contributed by atoms with van der Waals surface area (Å²) in [6.07, 6.45) is 1.63. The Morgan fingerprint density at radius 3 is 2.77 bits per heavy atom. The van der Waals surface area contributed by atoms with E-state index in [1.165, 1.54) is 0 Å². The molecule has 0 atom stereocenters. The number of hydrogen-bond acceptors (Lipinski definition) is 4. The first kappa shape index (κ1) is 8.47. The standard InChI is InChI=1S/C9H13N3O/c10-3-7-1-2-8(4-11-7)12-5-9(13)6-12/h1-2,4,9,13H,3,5-6,10H2. The molecule has 1 saturated heterocycles. The average Bonchev–Trinajstić information content (AvgIpc) is 2.13. The second-order valence-corrected chi connectivity index (χ2v) is 3.27. The largest absolute Gasteiger partial charge is 0.389 e. The first-order valence-corrected chi connectivity index (χ1v) is 4.37. The Morgan fingerprint density at radius 2 is 2.31 bits per heavy atom. The van der Waals surface area contributed by atoms with Crippen LogP contribution >= 0.6 is 0 Å². The maximum absolute atomic E-state index is 9.10. The van der Waals surface area contributed by atoms with Crippen LogP contribution in [-0.4, -0.2) is 29.3 Å². The second kappa shape index (κ2) is 3.32. The van der Waals surface area contributed by atoms with Gasteiger partial charge in [-0.1, -0.05) is 0 Å². The molecule has 1 aromatic rings. The molecule has 0 unspecified atom stereocenters. The van der Waals surface area contributed by atoms with E-state index >= 15 is 0 Å². The molecule has 0 amide bonds. The number of nitrogens with two attached hydrogens (primary N) is 1. The molecule has 0 bridgehead atoms. The van der Waals surface area contributed by atoms with Gasteiger partial charge >= 0.3 is 0 Å². The number of aliphatic hydroxyl groups excluding tert-OH is 1. The minimum absolute atomic E-state index is 0.172. The third kappa shape index (κ3) is 1.64. The maximum atomic E-state index is 9.10. The summed E-state index contributed by atoms with van der Waals surface area (Å²) in [5.41, 5.74) is 7.38. The number of rotatable bonds is 2. The van der Waals surface area contributed by atoms with E-state index in [1.807, 2.05) is 12.1 Å². The van der Waals surface area contributed by atoms with Gasteiger partial charge in [-0.2, -0.15) is 0 Å². The molecular weight excluding hydrogens is 166 g/mol. The number of hydrogen-bond donors (Lipinski definition) is 2. The van der Waals surface area contributed by atoms with Crippen molar-refractivity contribution in [3.63, 3.8) is 0 Å². The molecule has 1 aliphatic rings. The van der Waals surface area contributed by atoms with Crippen LogP contribution in [0.15, 0.2) is 18.3 Å². The van der Waals surface area contributed by atoms with E-state index in [9.17, 15) is 0 Å². The lowest BCUT2D eigenvalue weighted by atomic mass is 10.1. The van der Waals surface area contributed by atoms with Gasteiger partial charge in [0.2, 0.25) is 0 Å². The maximum Gasteiger partial charge on any atom is 0.0889 e. The van der Waals surface area contributed by atoms with Crippen molar-refractivity contribution in [2.45, 2.75) is 12.6 Å². The molecule has 4 heteroatoms. The van der Waals surface area contributed by atoms with Crippen LogP contribution in [0.25, 0.3) is 0 Å². The number of nitrogens with zero attached hydrogens (tertiary/aromatic N) is 2. The summed E-state index contributed by atoms with van der Waals surface area (Å²) >= 11 is 0. The first-order valence-electron chi connectivity index (χ1n) is 4.37. The topological polar surface area (TPSA) is 62.4 Å². The van der Waals surface area contributed by atoms with Gasteiger partial charge in [0.05, 0.1) is 23.7 Å². The Bertz CT molecular complexity index is 279. The van der Waals surface area contributed by atoms with Crippen LogP contribution in [0, 0.1) is 0 Å². The van der Waals surface area contributed by atoms with Gasteiger partial charge in [-0.05, 0) is 12.1 Å². The zero-order valence-corrected chi connectivity index (χ0v) is 7.35. The van der Waals surface area contributed by atoms with Crippen molar-refractivity contribution in [3.8, 4) is 0 Å². The van der Waals surface area contributed by atoms with E-state index in [2.05, 4.69) is 9.88 Å². The molecule has 70 valence electrons. The Morgan fingerprint density at radius 1 is 1.54 bits per heavy atom. The number of anilines is 1. The number of aliphatic hydroxyl groups is 1. The van der Waals surface area contributed by atoms with Gasteiger partial charge in [-0.15, -0.1) is 0 Å². The van der Waals surface area contributed by atoms with Gasteiger partial charge in [0.15, 0.2) is 0 Å². The summed E-state index contributed by atoms with van der Waals surface area (Å²) in [5, 5.41) is 9.10. The summed E-state index contributed by atoms with van der Waals surface area (Å²) in [5.74, 6) is 0. The molecule has 0 aromatic carbocycles. The fourth-order valence-corrected chi connectivity index (χ4v) is 1.39. The normalized spacial score (nSPS) is 17.2. The molecule has 2 heterocycles. The highest BCUT2D eigenvalue weighted by Crippen LogP contribution is 2.19. The average molecular weight is 179 g/mol. The molecular formula is C9H13N3O. The Balaban J connectivity index is 2.06. The smallest absolute Gasteiger partial charge is 0.0889 e. The van der Waals surface area contributed by atoms with Gasteiger partial charge < -0.3 is 15.7 Å². The number of aromatic nitrogens is 1. The molecule has 1 fully saturated rings. The molecule has 0 aliphatic carbocycles. The quantitative estimate of drug-likeness (QED) is 0.655. The Kier molecular flexibility index (Phi) is 2.16. The van der Waals surface area contributed by atoms with Gasteiger partial charge in [0, 0.05) is 19.6 Å². The van der Waals surface area contributed by atoms with E-state index in [0.29, 0.717) is 19.6 Å². The summed E-state index contributed by atoms with van der Waals surface area (Å²) in [6, 6.07) is 3.90. The van der Waals surface area contributed by atoms with Crippen molar-refractivity contribution in [3.05, 3.63) is 24.0 Å². The fourth-order valence-electron chi connectivity index (χ4n) is 1.39. The number of pyridine rings is 1. The van der Waals surface area contributed by atoms with E-state index in [1.54, 1.807) is 6.20 Å². The molecule has 1 aromatic heterocycles. The van der Waals surface area contributed by atoms with Crippen molar-refractivity contribution in [2.24, 2.45) is 5.73 Å². The van der Waals surface area contributed by atoms with Gasteiger partial charge in [0.25, 0.3) is 0 Å². The third-order valence-corrected chi connectivity index (χ3v) is 2.25. The van der Waals surface area contributed by atoms with Crippen LogP contribution < -0.4 is 10.6 Å². The van der Waals surface area contributed by atoms with Crippen LogP contribution in [0.2, 0.25) is 0 Å². The molecule has 2 rings (SSSR count). The lowest BCUT2D eigenvalue weighted by molar-refractivity contribution is 0.142. The van der Waals surface area contributed by atoms with Gasteiger partial charge in [0.1, 0.15) is 0 Å². The lowest BCUT2D eigenvalue weighted by Gasteiger charge is -2.37. The molecule has 0 radical (unpaired) electrons. The van der Waals surface area contributed by atoms with E-state index in [-0.39, 0.29) is 6.10 Å². The summed E-state index contributed by atoms with van der Waals surface area (Å²) in [4.78, 5) is 6.26.